The molecule has 1 aromatic heterocycles. The Hall–Kier alpha value is -2.85. The molecular formula is C25H28N2O2. The summed E-state index contributed by atoms with van der Waals surface area (Å²) in [7, 11) is 0. The standard InChI is InChI=1S/C25H28N2O2/c1-20(28)26-23-11-9-22(10-12-23)18-27-16-15-25(19-27,24-8-5-17-29-24)14-13-21-6-3-2-4-7-21/h2-12,17H,13-16,18-19H2,1H3,(H,26,28). The van der Waals surface area contributed by atoms with Gasteiger partial charge in [0.1, 0.15) is 5.76 Å². The largest absolute Gasteiger partial charge is 0.469 e. The summed E-state index contributed by atoms with van der Waals surface area (Å²) in [6, 6.07) is 23.0. The molecule has 29 heavy (non-hydrogen) atoms. The van der Waals surface area contributed by atoms with Gasteiger partial charge in [0.05, 0.1) is 6.26 Å². The fourth-order valence-corrected chi connectivity index (χ4v) is 4.39. The molecule has 1 amide bonds. The molecule has 1 fully saturated rings. The van der Waals surface area contributed by atoms with E-state index < -0.39 is 0 Å². The van der Waals surface area contributed by atoms with Gasteiger partial charge in [-0.1, -0.05) is 42.5 Å². The van der Waals surface area contributed by atoms with Crippen LogP contribution in [-0.2, 0) is 23.2 Å². The van der Waals surface area contributed by atoms with Gasteiger partial charge in [-0.3, -0.25) is 9.69 Å². The van der Waals surface area contributed by atoms with Gasteiger partial charge in [-0.2, -0.15) is 0 Å². The number of rotatable bonds is 7. The fourth-order valence-electron chi connectivity index (χ4n) is 4.39. The maximum atomic E-state index is 11.2. The van der Waals surface area contributed by atoms with Crippen LogP contribution >= 0.6 is 0 Å². The summed E-state index contributed by atoms with van der Waals surface area (Å²) in [6.45, 7) is 4.50. The van der Waals surface area contributed by atoms with Crippen LogP contribution in [0.4, 0.5) is 5.69 Å². The molecule has 1 unspecified atom stereocenters. The zero-order valence-electron chi connectivity index (χ0n) is 16.9. The number of furan rings is 1. The van der Waals surface area contributed by atoms with Gasteiger partial charge in [-0.05, 0) is 61.2 Å². The van der Waals surface area contributed by atoms with Gasteiger partial charge in [-0.15, -0.1) is 0 Å². The molecule has 3 aromatic rings. The molecule has 4 nitrogen and oxygen atoms in total. The Kier molecular flexibility index (Phi) is 5.81. The van der Waals surface area contributed by atoms with Gasteiger partial charge in [0.25, 0.3) is 0 Å². The van der Waals surface area contributed by atoms with Crippen molar-refractivity contribution in [1.82, 2.24) is 4.90 Å². The van der Waals surface area contributed by atoms with Crippen molar-refractivity contribution in [2.45, 2.75) is 38.1 Å². The highest BCUT2D eigenvalue weighted by molar-refractivity contribution is 5.88. The minimum absolute atomic E-state index is 0.0426. The lowest BCUT2D eigenvalue weighted by Crippen LogP contribution is -2.31. The first-order valence-corrected chi connectivity index (χ1v) is 10.3. The van der Waals surface area contributed by atoms with E-state index >= 15 is 0 Å². The smallest absolute Gasteiger partial charge is 0.221 e. The predicted molar refractivity (Wildman–Crippen MR) is 116 cm³/mol. The highest BCUT2D eigenvalue weighted by atomic mass is 16.3. The SMILES string of the molecule is CC(=O)Nc1ccc(CN2CCC(CCc3ccccc3)(c3ccco3)C2)cc1. The van der Waals surface area contributed by atoms with Gasteiger partial charge < -0.3 is 9.73 Å². The van der Waals surface area contributed by atoms with E-state index in [0.29, 0.717) is 0 Å². The van der Waals surface area contributed by atoms with Crippen LogP contribution in [0.25, 0.3) is 0 Å². The topological polar surface area (TPSA) is 45.5 Å². The Morgan fingerprint density at radius 3 is 2.52 bits per heavy atom. The lowest BCUT2D eigenvalue weighted by atomic mass is 9.79. The monoisotopic (exact) mass is 388 g/mol. The van der Waals surface area contributed by atoms with E-state index in [-0.39, 0.29) is 11.3 Å². The Morgan fingerprint density at radius 1 is 1.03 bits per heavy atom. The molecule has 0 saturated carbocycles. The van der Waals surface area contributed by atoms with Crippen LogP contribution in [0.1, 0.15) is 36.7 Å². The second-order valence-electron chi connectivity index (χ2n) is 8.08. The summed E-state index contributed by atoms with van der Waals surface area (Å²) in [5, 5.41) is 2.82. The van der Waals surface area contributed by atoms with Crippen LogP contribution in [0.5, 0.6) is 0 Å². The molecule has 2 heterocycles. The molecular weight excluding hydrogens is 360 g/mol. The first-order chi connectivity index (χ1) is 14.1. The first kappa shape index (κ1) is 19.5. The maximum absolute atomic E-state index is 11.2. The highest BCUT2D eigenvalue weighted by Gasteiger charge is 2.41. The van der Waals surface area contributed by atoms with Gasteiger partial charge in [0, 0.05) is 31.1 Å². The number of nitrogens with zero attached hydrogens (tertiary/aromatic N) is 1. The number of aryl methyl sites for hydroxylation is 1. The summed E-state index contributed by atoms with van der Waals surface area (Å²) in [5.74, 6) is 1.07. The molecule has 1 aliphatic heterocycles. The number of nitrogens with one attached hydrogen (secondary N) is 1. The van der Waals surface area contributed by atoms with Crippen molar-refractivity contribution < 1.29 is 9.21 Å². The molecule has 1 aliphatic rings. The third-order valence-electron chi connectivity index (χ3n) is 5.89. The number of amides is 1. The molecule has 2 aromatic carbocycles. The Bertz CT molecular complexity index is 919. The normalized spacial score (nSPS) is 19.3. The molecule has 1 N–H and O–H groups in total. The van der Waals surface area contributed by atoms with E-state index in [1.165, 1.54) is 18.1 Å². The summed E-state index contributed by atoms with van der Waals surface area (Å²) in [5.41, 5.74) is 3.55. The quantitative estimate of drug-likeness (QED) is 0.618. The molecule has 4 rings (SSSR count). The Morgan fingerprint density at radius 2 is 1.83 bits per heavy atom. The van der Waals surface area contributed by atoms with Gasteiger partial charge in [0.15, 0.2) is 0 Å². The second kappa shape index (κ2) is 8.66. The third kappa shape index (κ3) is 4.77. The van der Waals surface area contributed by atoms with E-state index in [9.17, 15) is 4.79 Å². The number of benzene rings is 2. The van der Waals surface area contributed by atoms with Crippen molar-refractivity contribution in [2.24, 2.45) is 0 Å². The van der Waals surface area contributed by atoms with E-state index in [1.54, 1.807) is 6.26 Å². The fraction of sp³-hybridized carbons (Fsp3) is 0.320. The van der Waals surface area contributed by atoms with Gasteiger partial charge >= 0.3 is 0 Å². The molecule has 0 aliphatic carbocycles. The first-order valence-electron chi connectivity index (χ1n) is 10.3. The van der Waals surface area contributed by atoms with E-state index in [2.05, 4.69) is 58.7 Å². The van der Waals surface area contributed by atoms with Crippen molar-refractivity contribution in [1.29, 1.82) is 0 Å². The lowest BCUT2D eigenvalue weighted by Gasteiger charge is -2.28. The van der Waals surface area contributed by atoms with Crippen LogP contribution in [-0.4, -0.2) is 23.9 Å². The lowest BCUT2D eigenvalue weighted by molar-refractivity contribution is -0.114. The number of carbonyl (C=O) groups excluding carboxylic acids is 1. The minimum atomic E-state index is -0.0426. The maximum Gasteiger partial charge on any atom is 0.221 e. The average molecular weight is 389 g/mol. The summed E-state index contributed by atoms with van der Waals surface area (Å²) in [6.07, 6.45) is 5.05. The molecule has 0 radical (unpaired) electrons. The second-order valence-corrected chi connectivity index (χ2v) is 8.08. The van der Waals surface area contributed by atoms with Crippen LogP contribution in [0.3, 0.4) is 0 Å². The summed E-state index contributed by atoms with van der Waals surface area (Å²) >= 11 is 0. The molecule has 1 saturated heterocycles. The van der Waals surface area contributed by atoms with Gasteiger partial charge in [-0.25, -0.2) is 0 Å². The zero-order chi connectivity index (χ0) is 20.1. The number of likely N-dealkylation sites (tertiary alicyclic amines) is 1. The van der Waals surface area contributed by atoms with Crippen molar-refractivity contribution >= 4 is 11.6 Å². The zero-order valence-corrected chi connectivity index (χ0v) is 16.9. The average Bonchev–Trinajstić information content (AvgIpc) is 3.40. The Labute approximate surface area is 172 Å². The summed E-state index contributed by atoms with van der Waals surface area (Å²) < 4.78 is 5.89. The minimum Gasteiger partial charge on any atom is -0.469 e. The van der Waals surface area contributed by atoms with Crippen molar-refractivity contribution in [3.8, 4) is 0 Å². The number of hydrogen-bond acceptors (Lipinski definition) is 3. The Balaban J connectivity index is 1.44. The van der Waals surface area contributed by atoms with Crippen molar-refractivity contribution in [2.75, 3.05) is 18.4 Å². The van der Waals surface area contributed by atoms with Crippen LogP contribution in [0, 0.1) is 0 Å². The van der Waals surface area contributed by atoms with Gasteiger partial charge in [0.2, 0.25) is 5.91 Å². The molecule has 0 spiro atoms. The molecule has 4 heteroatoms. The van der Waals surface area contributed by atoms with Crippen LogP contribution < -0.4 is 5.32 Å². The van der Waals surface area contributed by atoms with Crippen molar-refractivity contribution in [3.05, 3.63) is 89.9 Å². The number of anilines is 1. The number of carbonyl (C=O) groups is 1. The van der Waals surface area contributed by atoms with E-state index in [0.717, 1.165) is 50.3 Å². The molecule has 0 bridgehead atoms. The highest BCUT2D eigenvalue weighted by Crippen LogP contribution is 2.39. The predicted octanol–water partition coefficient (Wildman–Crippen LogP) is 5.01. The summed E-state index contributed by atoms with van der Waals surface area (Å²) in [4.78, 5) is 13.7. The third-order valence-corrected chi connectivity index (χ3v) is 5.89. The molecule has 1 atom stereocenters. The molecule has 150 valence electrons. The van der Waals surface area contributed by atoms with Crippen LogP contribution in [0.2, 0.25) is 0 Å². The van der Waals surface area contributed by atoms with E-state index in [4.69, 9.17) is 4.42 Å². The van der Waals surface area contributed by atoms with Crippen molar-refractivity contribution in [3.63, 3.8) is 0 Å². The number of hydrogen-bond donors (Lipinski definition) is 1. The van der Waals surface area contributed by atoms with E-state index in [1.807, 2.05) is 18.2 Å². The van der Waals surface area contributed by atoms with Crippen LogP contribution in [0.15, 0.2) is 77.4 Å².